The molecule has 0 fully saturated rings. The van der Waals surface area contributed by atoms with Crippen molar-refractivity contribution in [2.75, 3.05) is 0 Å². The predicted octanol–water partition coefficient (Wildman–Crippen LogP) is 2.46. The molecule has 8 heteroatoms. The van der Waals surface area contributed by atoms with Crippen LogP contribution < -0.4 is 5.73 Å². The number of benzene rings is 2. The monoisotopic (exact) mass is 362 g/mol. The zero-order chi connectivity index (χ0) is 19.1. The second-order valence-electron chi connectivity index (χ2n) is 5.85. The second-order valence-corrected chi connectivity index (χ2v) is 5.85. The van der Waals surface area contributed by atoms with Crippen molar-refractivity contribution in [3.05, 3.63) is 70.8 Å². The van der Waals surface area contributed by atoms with Crippen LogP contribution in [0.25, 0.3) is 0 Å². The summed E-state index contributed by atoms with van der Waals surface area (Å²) < 4.78 is 38.6. The number of primary amides is 1. The highest BCUT2D eigenvalue weighted by atomic mass is 19.4. The van der Waals surface area contributed by atoms with Crippen LogP contribution in [0.1, 0.15) is 33.0 Å². The van der Waals surface area contributed by atoms with Crippen LogP contribution in [0.3, 0.4) is 0 Å². The zero-order valence-electron chi connectivity index (χ0n) is 13.3. The summed E-state index contributed by atoms with van der Waals surface area (Å²) in [7, 11) is 0. The second kappa shape index (κ2) is 6.29. The van der Waals surface area contributed by atoms with E-state index in [1.807, 2.05) is 0 Å². The van der Waals surface area contributed by atoms with Crippen molar-refractivity contribution < 1.29 is 27.6 Å². The van der Waals surface area contributed by atoms with E-state index in [4.69, 9.17) is 5.73 Å². The van der Waals surface area contributed by atoms with Gasteiger partial charge in [-0.3, -0.25) is 19.3 Å². The first-order chi connectivity index (χ1) is 12.2. The molecule has 3 rings (SSSR count). The topological polar surface area (TPSA) is 80.5 Å². The van der Waals surface area contributed by atoms with Crippen LogP contribution in [0.15, 0.2) is 48.5 Å². The molecule has 1 aliphatic heterocycles. The Kier molecular flexibility index (Phi) is 4.27. The minimum absolute atomic E-state index is 0.115. The van der Waals surface area contributed by atoms with E-state index in [1.165, 1.54) is 24.3 Å². The number of hydrogen-bond donors (Lipinski definition) is 1. The SMILES string of the molecule is NC(=O)C1C(=O)N(Cc2cccc(C(F)(F)F)c2)C(=O)c2ccccc21. The molecule has 0 spiro atoms. The third-order valence-electron chi connectivity index (χ3n) is 4.14. The molecule has 1 aliphatic rings. The lowest BCUT2D eigenvalue weighted by molar-refractivity contribution is -0.137. The number of rotatable bonds is 3. The van der Waals surface area contributed by atoms with Crippen molar-refractivity contribution in [3.8, 4) is 0 Å². The highest BCUT2D eigenvalue weighted by Gasteiger charge is 2.41. The van der Waals surface area contributed by atoms with Crippen molar-refractivity contribution in [2.45, 2.75) is 18.6 Å². The summed E-state index contributed by atoms with van der Waals surface area (Å²) >= 11 is 0. The lowest BCUT2D eigenvalue weighted by Crippen LogP contribution is -2.48. The first-order valence-electron chi connectivity index (χ1n) is 7.60. The quantitative estimate of drug-likeness (QED) is 0.673. The molecule has 0 radical (unpaired) electrons. The largest absolute Gasteiger partial charge is 0.416 e. The predicted molar refractivity (Wildman–Crippen MR) is 84.7 cm³/mol. The average Bonchev–Trinajstić information content (AvgIpc) is 2.58. The maximum absolute atomic E-state index is 12.9. The number of carbonyl (C=O) groups excluding carboxylic acids is 3. The first-order valence-corrected chi connectivity index (χ1v) is 7.60. The highest BCUT2D eigenvalue weighted by molar-refractivity contribution is 6.18. The summed E-state index contributed by atoms with van der Waals surface area (Å²) in [5, 5.41) is 0. The van der Waals surface area contributed by atoms with E-state index in [0.29, 0.717) is 0 Å². The molecular weight excluding hydrogens is 349 g/mol. The van der Waals surface area contributed by atoms with E-state index >= 15 is 0 Å². The molecule has 3 amide bonds. The molecule has 26 heavy (non-hydrogen) atoms. The Morgan fingerprint density at radius 3 is 2.42 bits per heavy atom. The third kappa shape index (κ3) is 3.05. The van der Waals surface area contributed by atoms with Crippen LogP contribution in [-0.2, 0) is 22.3 Å². The number of halogens is 3. The number of amides is 3. The standard InChI is InChI=1S/C18H13F3N2O3/c19-18(20,21)11-5-3-4-10(8-11)9-23-16(25)13-7-2-1-6-12(13)14(15(22)24)17(23)26/h1-8,14H,9H2,(H2,22,24). The molecule has 0 bridgehead atoms. The summed E-state index contributed by atoms with van der Waals surface area (Å²) in [6, 6.07) is 10.4. The molecule has 5 nitrogen and oxygen atoms in total. The molecular formula is C18H13F3N2O3. The van der Waals surface area contributed by atoms with Gasteiger partial charge < -0.3 is 5.73 Å². The van der Waals surface area contributed by atoms with Gasteiger partial charge in [0.05, 0.1) is 12.1 Å². The Bertz CT molecular complexity index is 909. The van der Waals surface area contributed by atoms with Crippen LogP contribution in [0.5, 0.6) is 0 Å². The van der Waals surface area contributed by atoms with Crippen LogP contribution in [0.4, 0.5) is 13.2 Å². The van der Waals surface area contributed by atoms with Crippen molar-refractivity contribution >= 4 is 17.7 Å². The maximum atomic E-state index is 12.9. The molecule has 0 aromatic heterocycles. The van der Waals surface area contributed by atoms with Crippen molar-refractivity contribution in [1.29, 1.82) is 0 Å². The molecule has 1 atom stereocenters. The van der Waals surface area contributed by atoms with Crippen molar-refractivity contribution in [3.63, 3.8) is 0 Å². The number of fused-ring (bicyclic) bond motifs is 1. The lowest BCUT2D eigenvalue weighted by Gasteiger charge is -2.31. The van der Waals surface area contributed by atoms with Crippen LogP contribution >= 0.6 is 0 Å². The van der Waals surface area contributed by atoms with E-state index < -0.39 is 35.4 Å². The van der Waals surface area contributed by atoms with Crippen LogP contribution in [0.2, 0.25) is 0 Å². The lowest BCUT2D eigenvalue weighted by atomic mass is 9.87. The van der Waals surface area contributed by atoms with E-state index in [1.54, 1.807) is 12.1 Å². The molecule has 2 aromatic carbocycles. The van der Waals surface area contributed by atoms with Gasteiger partial charge in [0.1, 0.15) is 5.92 Å². The average molecular weight is 362 g/mol. The fraction of sp³-hybridized carbons (Fsp3) is 0.167. The van der Waals surface area contributed by atoms with Gasteiger partial charge in [-0.15, -0.1) is 0 Å². The zero-order valence-corrected chi connectivity index (χ0v) is 13.3. The van der Waals surface area contributed by atoms with E-state index in [-0.39, 0.29) is 23.2 Å². The molecule has 2 N–H and O–H groups in total. The number of nitrogens with two attached hydrogens (primary N) is 1. The minimum atomic E-state index is -4.55. The van der Waals surface area contributed by atoms with E-state index in [9.17, 15) is 27.6 Å². The molecule has 2 aromatic rings. The normalized spacial score (nSPS) is 17.2. The molecule has 0 saturated carbocycles. The van der Waals surface area contributed by atoms with Gasteiger partial charge >= 0.3 is 6.18 Å². The Hall–Kier alpha value is -3.16. The minimum Gasteiger partial charge on any atom is -0.369 e. The third-order valence-corrected chi connectivity index (χ3v) is 4.14. The summed E-state index contributed by atoms with van der Waals surface area (Å²) in [6.07, 6.45) is -4.55. The smallest absolute Gasteiger partial charge is 0.369 e. The van der Waals surface area contributed by atoms with Crippen LogP contribution in [-0.4, -0.2) is 22.6 Å². The first kappa shape index (κ1) is 17.7. The van der Waals surface area contributed by atoms with Crippen molar-refractivity contribution in [1.82, 2.24) is 4.90 Å². The van der Waals surface area contributed by atoms with Crippen LogP contribution in [0, 0.1) is 0 Å². The van der Waals surface area contributed by atoms with Gasteiger partial charge in [-0.2, -0.15) is 13.2 Å². The van der Waals surface area contributed by atoms with Gasteiger partial charge in [-0.25, -0.2) is 0 Å². The molecule has 1 unspecified atom stereocenters. The highest BCUT2D eigenvalue weighted by Crippen LogP contribution is 2.32. The van der Waals surface area contributed by atoms with E-state index in [2.05, 4.69) is 0 Å². The maximum Gasteiger partial charge on any atom is 0.416 e. The van der Waals surface area contributed by atoms with Gasteiger partial charge in [0.2, 0.25) is 11.8 Å². The Labute approximate surface area is 146 Å². The van der Waals surface area contributed by atoms with Gasteiger partial charge in [0.15, 0.2) is 0 Å². The summed E-state index contributed by atoms with van der Waals surface area (Å²) in [5.74, 6) is -3.81. The molecule has 0 saturated heterocycles. The molecule has 134 valence electrons. The number of alkyl halides is 3. The van der Waals surface area contributed by atoms with Gasteiger partial charge in [-0.1, -0.05) is 30.3 Å². The number of carbonyl (C=O) groups is 3. The number of nitrogens with zero attached hydrogens (tertiary/aromatic N) is 1. The fourth-order valence-corrected chi connectivity index (χ4v) is 2.93. The van der Waals surface area contributed by atoms with Crippen molar-refractivity contribution in [2.24, 2.45) is 5.73 Å². The molecule has 1 heterocycles. The molecule has 0 aliphatic carbocycles. The summed E-state index contributed by atoms with van der Waals surface area (Å²) in [6.45, 7) is -0.389. The Balaban J connectivity index is 2.00. The van der Waals surface area contributed by atoms with Gasteiger partial charge in [0.25, 0.3) is 5.91 Å². The van der Waals surface area contributed by atoms with Gasteiger partial charge in [-0.05, 0) is 29.3 Å². The Morgan fingerprint density at radius 1 is 1.08 bits per heavy atom. The summed E-state index contributed by atoms with van der Waals surface area (Å²) in [4.78, 5) is 37.7. The summed E-state index contributed by atoms with van der Waals surface area (Å²) in [5.41, 5.74) is 4.86. The number of hydrogen-bond acceptors (Lipinski definition) is 3. The Morgan fingerprint density at radius 2 is 1.77 bits per heavy atom. The van der Waals surface area contributed by atoms with E-state index in [0.717, 1.165) is 17.0 Å². The number of imide groups is 1. The fourth-order valence-electron chi connectivity index (χ4n) is 2.93. The van der Waals surface area contributed by atoms with Gasteiger partial charge in [0, 0.05) is 5.56 Å².